The van der Waals surface area contributed by atoms with Crippen molar-refractivity contribution >= 4 is 16.8 Å². The van der Waals surface area contributed by atoms with Crippen LogP contribution in [-0.2, 0) is 16.5 Å². The first-order chi connectivity index (χ1) is 16.3. The van der Waals surface area contributed by atoms with Gasteiger partial charge in [-0.15, -0.1) is 0 Å². The maximum atomic E-state index is 14.8. The van der Waals surface area contributed by atoms with Crippen molar-refractivity contribution in [2.45, 2.75) is 83.2 Å². The van der Waals surface area contributed by atoms with Crippen LogP contribution in [0.4, 0.5) is 13.2 Å². The molecule has 0 unspecified atom stereocenters. The van der Waals surface area contributed by atoms with Crippen LogP contribution < -0.4 is 9.46 Å². The lowest BCUT2D eigenvalue weighted by Gasteiger charge is -2.38. The van der Waals surface area contributed by atoms with Gasteiger partial charge in [0.1, 0.15) is 5.75 Å². The van der Waals surface area contributed by atoms with Gasteiger partial charge < -0.3 is 4.74 Å². The molecule has 0 heterocycles. The van der Waals surface area contributed by atoms with Crippen LogP contribution in [0, 0.1) is 6.92 Å². The highest BCUT2D eigenvalue weighted by molar-refractivity contribution is 7.84. The first-order valence-electron chi connectivity index (χ1n) is 11.9. The number of ketones is 1. The maximum Gasteiger partial charge on any atom is 0.412 e. The summed E-state index contributed by atoms with van der Waals surface area (Å²) in [4.78, 5) is 13.1. The fourth-order valence-electron chi connectivity index (χ4n) is 3.47. The van der Waals surface area contributed by atoms with Gasteiger partial charge in [-0.25, -0.2) is 8.93 Å². The number of carbonyl (C=O) groups excluding carboxylic acids is 1. The van der Waals surface area contributed by atoms with Gasteiger partial charge in [0.15, 0.2) is 11.3 Å². The van der Waals surface area contributed by atoms with E-state index in [0.717, 1.165) is 31.2 Å². The quantitative estimate of drug-likeness (QED) is 0.246. The van der Waals surface area contributed by atoms with Crippen LogP contribution in [0.2, 0.25) is 0 Å². The number of aryl methyl sites for hydroxylation is 1. The van der Waals surface area contributed by atoms with E-state index in [4.69, 9.17) is 4.74 Å². The van der Waals surface area contributed by atoms with E-state index in [1.54, 1.807) is 32.9 Å². The Labute approximate surface area is 209 Å². The molecular formula is C27H36F3NO3S. The molecule has 0 saturated heterocycles. The second-order valence-corrected chi connectivity index (χ2v) is 11.8. The summed E-state index contributed by atoms with van der Waals surface area (Å²) in [7, 11) is -2.10. The van der Waals surface area contributed by atoms with Crippen molar-refractivity contribution in [3.05, 3.63) is 65.2 Å². The van der Waals surface area contributed by atoms with E-state index in [-0.39, 0.29) is 11.1 Å². The van der Waals surface area contributed by atoms with E-state index < -0.39 is 39.7 Å². The Balaban J connectivity index is 2.43. The first kappa shape index (κ1) is 29.0. The minimum Gasteiger partial charge on any atom is -0.494 e. The zero-order valence-corrected chi connectivity index (χ0v) is 21.9. The summed E-state index contributed by atoms with van der Waals surface area (Å²) in [6, 6.07) is 11.9. The van der Waals surface area contributed by atoms with Crippen LogP contribution in [0.3, 0.4) is 0 Å². The van der Waals surface area contributed by atoms with Gasteiger partial charge in [-0.05, 0) is 51.8 Å². The molecule has 2 aromatic carbocycles. The molecule has 0 spiro atoms. The highest BCUT2D eigenvalue weighted by Crippen LogP contribution is 2.44. The van der Waals surface area contributed by atoms with Crippen molar-refractivity contribution in [3.63, 3.8) is 0 Å². The third-order valence-corrected chi connectivity index (χ3v) is 7.37. The second kappa shape index (κ2) is 12.2. The zero-order valence-electron chi connectivity index (χ0n) is 21.1. The number of nitrogens with one attached hydrogen (secondary N) is 1. The molecule has 0 radical (unpaired) electrons. The zero-order chi connectivity index (χ0) is 26.3. The summed E-state index contributed by atoms with van der Waals surface area (Å²) in [6.07, 6.45) is -1.76. The van der Waals surface area contributed by atoms with Crippen molar-refractivity contribution < 1.29 is 26.9 Å². The van der Waals surface area contributed by atoms with Crippen LogP contribution in [0.5, 0.6) is 5.75 Å². The molecule has 8 heteroatoms. The third kappa shape index (κ3) is 7.90. The minimum atomic E-state index is -4.91. The number of benzene rings is 2. The van der Waals surface area contributed by atoms with Crippen LogP contribution in [-0.4, -0.2) is 27.5 Å². The predicted octanol–water partition coefficient (Wildman–Crippen LogP) is 7.04. The smallest absolute Gasteiger partial charge is 0.412 e. The molecule has 0 fully saturated rings. The van der Waals surface area contributed by atoms with Gasteiger partial charge in [-0.1, -0.05) is 68.1 Å². The van der Waals surface area contributed by atoms with Gasteiger partial charge in [0.25, 0.3) is 0 Å². The Morgan fingerprint density at radius 1 is 0.943 bits per heavy atom. The highest BCUT2D eigenvalue weighted by Gasteiger charge is 2.58. The Morgan fingerprint density at radius 3 is 2.06 bits per heavy atom. The molecule has 2 aromatic rings. The van der Waals surface area contributed by atoms with Crippen molar-refractivity contribution in [1.82, 2.24) is 4.72 Å². The molecule has 0 saturated carbocycles. The van der Waals surface area contributed by atoms with Gasteiger partial charge >= 0.3 is 6.18 Å². The van der Waals surface area contributed by atoms with Gasteiger partial charge in [0.05, 0.1) is 22.3 Å². The normalized spacial score (nSPS) is 14.9. The monoisotopic (exact) mass is 511 g/mol. The van der Waals surface area contributed by atoms with Crippen LogP contribution >= 0.6 is 0 Å². The Bertz CT molecular complexity index is 983. The molecular weight excluding hydrogens is 475 g/mol. The highest BCUT2D eigenvalue weighted by atomic mass is 32.2. The van der Waals surface area contributed by atoms with Crippen LogP contribution in [0.1, 0.15) is 81.3 Å². The van der Waals surface area contributed by atoms with Crippen molar-refractivity contribution in [3.8, 4) is 5.75 Å². The number of hydrogen-bond donors (Lipinski definition) is 1. The largest absolute Gasteiger partial charge is 0.494 e. The molecule has 35 heavy (non-hydrogen) atoms. The summed E-state index contributed by atoms with van der Waals surface area (Å²) < 4.78 is 64.3. The average Bonchev–Trinajstić information content (AvgIpc) is 2.77. The number of carbonyl (C=O) groups is 1. The molecule has 0 aliphatic rings. The molecule has 2 atom stereocenters. The fraction of sp³-hybridized carbons (Fsp3) is 0.519. The second-order valence-electron chi connectivity index (χ2n) is 9.79. The Morgan fingerprint density at radius 2 is 1.54 bits per heavy atom. The summed E-state index contributed by atoms with van der Waals surface area (Å²) in [6.45, 7) is 9.14. The molecule has 0 aliphatic heterocycles. The lowest BCUT2D eigenvalue weighted by molar-refractivity contribution is -0.193. The summed E-state index contributed by atoms with van der Waals surface area (Å²) in [5, 5.41) is 0. The number of halogens is 3. The van der Waals surface area contributed by atoms with E-state index >= 15 is 0 Å². The van der Waals surface area contributed by atoms with Crippen LogP contribution in [0.25, 0.3) is 0 Å². The number of Topliss-reactive ketones (excluding diaryl/α,β-unsaturated/α-hetero) is 1. The number of hydrogen-bond acceptors (Lipinski definition) is 3. The van der Waals surface area contributed by atoms with E-state index in [9.17, 15) is 22.2 Å². The number of ether oxygens (including phenoxy) is 1. The summed E-state index contributed by atoms with van der Waals surface area (Å²) in [5.74, 6) is -0.250. The third-order valence-electron chi connectivity index (χ3n) is 5.72. The van der Waals surface area contributed by atoms with E-state index in [0.29, 0.717) is 12.4 Å². The molecule has 0 bridgehead atoms. The molecule has 194 valence electrons. The lowest BCUT2D eigenvalue weighted by atomic mass is 9.83. The van der Waals surface area contributed by atoms with Crippen molar-refractivity contribution in [2.75, 3.05) is 6.61 Å². The van der Waals surface area contributed by atoms with Gasteiger partial charge in [0.2, 0.25) is 0 Å². The molecule has 0 amide bonds. The first-order valence-corrected chi connectivity index (χ1v) is 13.0. The molecule has 1 N–H and O–H groups in total. The van der Waals surface area contributed by atoms with Crippen LogP contribution in [0.15, 0.2) is 48.5 Å². The topological polar surface area (TPSA) is 55.4 Å². The molecule has 0 aromatic heterocycles. The lowest BCUT2D eigenvalue weighted by Crippen LogP contribution is -2.58. The number of alkyl halides is 3. The Kier molecular flexibility index (Phi) is 10.1. The van der Waals surface area contributed by atoms with Crippen molar-refractivity contribution in [2.24, 2.45) is 0 Å². The van der Waals surface area contributed by atoms with Gasteiger partial charge in [-0.3, -0.25) is 4.79 Å². The Hall–Kier alpha value is -2.19. The fourth-order valence-corrected chi connectivity index (χ4v) is 4.40. The molecule has 0 aliphatic carbocycles. The predicted molar refractivity (Wildman–Crippen MR) is 135 cm³/mol. The minimum absolute atomic E-state index is 0.166. The molecule has 4 nitrogen and oxygen atoms in total. The molecule has 2 rings (SSSR count). The van der Waals surface area contributed by atoms with E-state index in [2.05, 4.69) is 11.6 Å². The number of rotatable bonds is 12. The average molecular weight is 512 g/mol. The van der Waals surface area contributed by atoms with Crippen molar-refractivity contribution in [1.29, 1.82) is 0 Å². The van der Waals surface area contributed by atoms with E-state index in [1.807, 2.05) is 6.92 Å². The summed E-state index contributed by atoms with van der Waals surface area (Å²) in [5.41, 5.74) is -1.98. The number of unbranched alkanes of at least 4 members (excludes halogenated alkanes) is 3. The van der Waals surface area contributed by atoms with E-state index in [1.165, 1.54) is 36.4 Å². The SMILES string of the molecule is CCCCCCOc1ccc([C@](CC(=O)c2ccc(C)cc2)(N[S@@](=O)C(C)(C)C)C(F)(F)F)cc1. The van der Waals surface area contributed by atoms with Gasteiger partial charge in [-0.2, -0.15) is 13.2 Å². The van der Waals surface area contributed by atoms with Gasteiger partial charge in [0, 0.05) is 12.0 Å². The maximum absolute atomic E-state index is 14.8. The summed E-state index contributed by atoms with van der Waals surface area (Å²) >= 11 is 0. The standard InChI is InChI=1S/C27H36F3NO3S/c1-6-7-8-9-18-34-23-16-14-22(15-17-23)26(27(28,29)30,31-35(33)25(3,4)5)19-24(32)21-12-10-20(2)11-13-21/h10-17,31H,6-9,18-19H2,1-5H3/t26-,35-/m0/s1.